The summed E-state index contributed by atoms with van der Waals surface area (Å²) in [6.45, 7) is 4.06. The molecule has 0 atom stereocenters. The van der Waals surface area contributed by atoms with Gasteiger partial charge in [-0.1, -0.05) is 6.07 Å². The molecule has 14 heavy (non-hydrogen) atoms. The molecule has 2 heterocycles. The van der Waals surface area contributed by atoms with E-state index >= 15 is 0 Å². The number of nitrogens with zero attached hydrogens (tertiary/aromatic N) is 2. The van der Waals surface area contributed by atoms with Crippen molar-refractivity contribution < 1.29 is 0 Å². The second kappa shape index (κ2) is 5.86. The van der Waals surface area contributed by atoms with Crippen LogP contribution in [0.3, 0.4) is 0 Å². The zero-order valence-corrected chi connectivity index (χ0v) is 8.51. The first kappa shape index (κ1) is 10.4. The molecule has 0 unspecified atom stereocenters. The highest BCUT2D eigenvalue weighted by atomic mass is 14.6. The maximum Gasteiger partial charge on any atom is 0.0297 e. The fourth-order valence-electron chi connectivity index (χ4n) is 0.875. The molecule has 0 bridgehead atoms. The van der Waals surface area contributed by atoms with Crippen LogP contribution in [0.4, 0.5) is 0 Å². The largest absolute Gasteiger partial charge is 0.265 e. The lowest BCUT2D eigenvalue weighted by Crippen LogP contribution is -1.69. The Hall–Kier alpha value is -1.70. The monoisotopic (exact) mass is 186 g/mol. The Balaban J connectivity index is 0.000000140. The molecule has 2 aromatic heterocycles. The molecule has 0 radical (unpaired) electrons. The van der Waals surface area contributed by atoms with Gasteiger partial charge in [0, 0.05) is 24.8 Å². The molecular weight excluding hydrogens is 172 g/mol. The molecule has 0 aliphatic rings. The smallest absolute Gasteiger partial charge is 0.0297 e. The summed E-state index contributed by atoms with van der Waals surface area (Å²) in [5.41, 5.74) is 2.47. The minimum Gasteiger partial charge on any atom is -0.265 e. The van der Waals surface area contributed by atoms with Gasteiger partial charge in [-0.2, -0.15) is 0 Å². The number of aromatic nitrogens is 2. The predicted octanol–water partition coefficient (Wildman–Crippen LogP) is 2.78. The average Bonchev–Trinajstić information content (AvgIpc) is 2.21. The lowest BCUT2D eigenvalue weighted by molar-refractivity contribution is 1.27. The Morgan fingerprint density at radius 3 is 1.79 bits per heavy atom. The number of hydrogen-bond donors (Lipinski definition) is 0. The van der Waals surface area contributed by atoms with Gasteiger partial charge in [0.15, 0.2) is 0 Å². The van der Waals surface area contributed by atoms with Crippen molar-refractivity contribution in [3.05, 3.63) is 60.2 Å². The molecule has 0 aliphatic carbocycles. The van der Waals surface area contributed by atoms with E-state index in [-0.39, 0.29) is 0 Å². The molecule has 2 heteroatoms. The predicted molar refractivity (Wildman–Crippen MR) is 57.9 cm³/mol. The van der Waals surface area contributed by atoms with Gasteiger partial charge in [-0.15, -0.1) is 0 Å². The third kappa shape index (κ3) is 4.36. The zero-order valence-electron chi connectivity index (χ0n) is 8.51. The highest BCUT2D eigenvalue weighted by Gasteiger charge is 1.73. The van der Waals surface area contributed by atoms with Gasteiger partial charge in [-0.3, -0.25) is 9.97 Å². The molecule has 72 valence electrons. The van der Waals surface area contributed by atoms with E-state index in [0.717, 1.165) is 0 Å². The van der Waals surface area contributed by atoms with Crippen LogP contribution in [-0.2, 0) is 0 Å². The Morgan fingerprint density at radius 2 is 1.50 bits per heavy atom. The summed E-state index contributed by atoms with van der Waals surface area (Å²) in [5, 5.41) is 0. The van der Waals surface area contributed by atoms with Crippen LogP contribution in [0.5, 0.6) is 0 Å². The molecule has 2 rings (SSSR count). The first-order valence-electron chi connectivity index (χ1n) is 4.52. The SMILES string of the molecule is Cc1cccnc1.Cc1ccncc1. The summed E-state index contributed by atoms with van der Waals surface area (Å²) in [4.78, 5) is 7.73. The van der Waals surface area contributed by atoms with Gasteiger partial charge in [0.05, 0.1) is 0 Å². The van der Waals surface area contributed by atoms with Crippen LogP contribution in [0.25, 0.3) is 0 Å². The summed E-state index contributed by atoms with van der Waals surface area (Å²) in [7, 11) is 0. The highest BCUT2D eigenvalue weighted by Crippen LogP contribution is 1.89. The van der Waals surface area contributed by atoms with Gasteiger partial charge in [0.1, 0.15) is 0 Å². The van der Waals surface area contributed by atoms with Crippen molar-refractivity contribution in [3.8, 4) is 0 Å². The summed E-state index contributed by atoms with van der Waals surface area (Å²) in [6.07, 6.45) is 7.18. The van der Waals surface area contributed by atoms with E-state index in [0.29, 0.717) is 0 Å². The second-order valence-electron chi connectivity index (χ2n) is 3.05. The van der Waals surface area contributed by atoms with Gasteiger partial charge in [-0.05, 0) is 43.2 Å². The molecule has 0 saturated heterocycles. The molecule has 2 nitrogen and oxygen atoms in total. The van der Waals surface area contributed by atoms with Crippen molar-refractivity contribution in [1.82, 2.24) is 9.97 Å². The number of hydrogen-bond acceptors (Lipinski definition) is 2. The van der Waals surface area contributed by atoms with E-state index in [1.165, 1.54) is 11.1 Å². The molecule has 0 saturated carbocycles. The third-order valence-electron chi connectivity index (χ3n) is 1.66. The lowest BCUT2D eigenvalue weighted by Gasteiger charge is -1.82. The van der Waals surface area contributed by atoms with Crippen LogP contribution >= 0.6 is 0 Å². The van der Waals surface area contributed by atoms with E-state index in [1.807, 2.05) is 44.3 Å². The van der Waals surface area contributed by atoms with Crippen LogP contribution < -0.4 is 0 Å². The summed E-state index contributed by atoms with van der Waals surface area (Å²) >= 11 is 0. The molecule has 0 fully saturated rings. The van der Waals surface area contributed by atoms with Crippen LogP contribution in [0, 0.1) is 13.8 Å². The van der Waals surface area contributed by atoms with E-state index in [4.69, 9.17) is 0 Å². The molecule has 0 amide bonds. The fraction of sp³-hybridized carbons (Fsp3) is 0.167. The van der Waals surface area contributed by atoms with Crippen molar-refractivity contribution in [1.29, 1.82) is 0 Å². The number of pyridine rings is 2. The van der Waals surface area contributed by atoms with E-state index < -0.39 is 0 Å². The Labute approximate surface area is 84.7 Å². The van der Waals surface area contributed by atoms with E-state index in [1.54, 1.807) is 18.6 Å². The van der Waals surface area contributed by atoms with Crippen LogP contribution in [0.2, 0.25) is 0 Å². The van der Waals surface area contributed by atoms with Gasteiger partial charge >= 0.3 is 0 Å². The molecule has 0 aliphatic heterocycles. The second-order valence-corrected chi connectivity index (χ2v) is 3.05. The quantitative estimate of drug-likeness (QED) is 0.632. The van der Waals surface area contributed by atoms with Crippen molar-refractivity contribution in [2.75, 3.05) is 0 Å². The summed E-state index contributed by atoms with van der Waals surface area (Å²) in [5.74, 6) is 0. The normalized spacial score (nSPS) is 8.71. The minimum absolute atomic E-state index is 1.21. The van der Waals surface area contributed by atoms with Gasteiger partial charge in [0.25, 0.3) is 0 Å². The zero-order chi connectivity index (χ0) is 10.2. The highest BCUT2D eigenvalue weighted by molar-refractivity contribution is 5.05. The Morgan fingerprint density at radius 1 is 0.786 bits per heavy atom. The van der Waals surface area contributed by atoms with Crippen molar-refractivity contribution in [2.45, 2.75) is 13.8 Å². The van der Waals surface area contributed by atoms with Gasteiger partial charge in [0.2, 0.25) is 0 Å². The third-order valence-corrected chi connectivity index (χ3v) is 1.66. The standard InChI is InChI=1S/2C6H7N/c1-6-2-4-7-5-3-6;1-6-3-2-4-7-5-6/h2*2-5H,1H3. The molecule has 0 spiro atoms. The van der Waals surface area contributed by atoms with E-state index in [9.17, 15) is 0 Å². The Kier molecular flexibility index (Phi) is 4.35. The minimum atomic E-state index is 1.21. The first-order chi connectivity index (χ1) is 6.79. The Bertz CT molecular complexity index is 306. The maximum absolute atomic E-state index is 3.88. The topological polar surface area (TPSA) is 25.8 Å². The summed E-state index contributed by atoms with van der Waals surface area (Å²) in [6, 6.07) is 7.89. The first-order valence-corrected chi connectivity index (χ1v) is 4.52. The lowest BCUT2D eigenvalue weighted by atomic mass is 10.3. The fourth-order valence-corrected chi connectivity index (χ4v) is 0.875. The number of aryl methyl sites for hydroxylation is 2. The molecular formula is C12H14N2. The van der Waals surface area contributed by atoms with Crippen LogP contribution in [0.15, 0.2) is 49.1 Å². The van der Waals surface area contributed by atoms with Gasteiger partial charge < -0.3 is 0 Å². The van der Waals surface area contributed by atoms with Crippen molar-refractivity contribution >= 4 is 0 Å². The van der Waals surface area contributed by atoms with Gasteiger partial charge in [-0.25, -0.2) is 0 Å². The molecule has 2 aromatic rings. The van der Waals surface area contributed by atoms with Crippen LogP contribution in [0.1, 0.15) is 11.1 Å². The van der Waals surface area contributed by atoms with Crippen LogP contribution in [-0.4, -0.2) is 9.97 Å². The molecule has 0 N–H and O–H groups in total. The van der Waals surface area contributed by atoms with E-state index in [2.05, 4.69) is 9.97 Å². The van der Waals surface area contributed by atoms with Crippen molar-refractivity contribution in [2.24, 2.45) is 0 Å². The summed E-state index contributed by atoms with van der Waals surface area (Å²) < 4.78 is 0. The number of rotatable bonds is 0. The van der Waals surface area contributed by atoms with Crippen molar-refractivity contribution in [3.63, 3.8) is 0 Å². The average molecular weight is 186 g/mol. The maximum atomic E-state index is 3.88. The molecule has 0 aromatic carbocycles.